The smallest absolute Gasteiger partial charge is 0.456 e. The SMILES string of the molecule is C=c1cc2c(cc1C)=C(c1ccccc1C(=O)N(C)CCOC(=O)Oc1ccc([N+](=O)[O-])cc1)c1cc(C)c(NCC)cc1O2. The Morgan fingerprint density at radius 1 is 0.978 bits per heavy atom. The van der Waals surface area contributed by atoms with Crippen molar-refractivity contribution in [1.29, 1.82) is 0 Å². The molecule has 0 atom stereocenters. The van der Waals surface area contributed by atoms with Gasteiger partial charge in [-0.1, -0.05) is 24.8 Å². The van der Waals surface area contributed by atoms with Gasteiger partial charge in [-0.05, 0) is 79.1 Å². The van der Waals surface area contributed by atoms with E-state index in [0.717, 1.165) is 50.5 Å². The van der Waals surface area contributed by atoms with E-state index < -0.39 is 11.1 Å². The molecule has 1 heterocycles. The molecule has 4 aromatic carbocycles. The van der Waals surface area contributed by atoms with E-state index in [1.54, 1.807) is 13.1 Å². The Morgan fingerprint density at radius 2 is 1.71 bits per heavy atom. The second kappa shape index (κ2) is 12.9. The molecule has 230 valence electrons. The number of likely N-dealkylation sites (N-methyl/N-ethyl adjacent to an activating group) is 1. The summed E-state index contributed by atoms with van der Waals surface area (Å²) in [5.74, 6) is 1.19. The summed E-state index contributed by atoms with van der Waals surface area (Å²) >= 11 is 0. The van der Waals surface area contributed by atoms with Crippen molar-refractivity contribution in [2.24, 2.45) is 0 Å². The number of carbonyl (C=O) groups is 2. The molecule has 1 amide bonds. The maximum atomic E-state index is 13.8. The van der Waals surface area contributed by atoms with Gasteiger partial charge in [-0.25, -0.2) is 4.79 Å². The van der Waals surface area contributed by atoms with Gasteiger partial charge < -0.3 is 24.4 Å². The molecule has 0 aliphatic carbocycles. The summed E-state index contributed by atoms with van der Waals surface area (Å²) in [6.07, 6.45) is -0.983. The summed E-state index contributed by atoms with van der Waals surface area (Å²) < 4.78 is 16.6. The van der Waals surface area contributed by atoms with Crippen LogP contribution in [0.4, 0.5) is 16.2 Å². The van der Waals surface area contributed by atoms with Gasteiger partial charge in [0.25, 0.3) is 11.6 Å². The van der Waals surface area contributed by atoms with Crippen LogP contribution in [0.1, 0.15) is 39.5 Å². The summed E-state index contributed by atoms with van der Waals surface area (Å²) in [4.78, 5) is 37.8. The number of hydrogen-bond acceptors (Lipinski definition) is 8. The zero-order chi connectivity index (χ0) is 32.2. The molecule has 45 heavy (non-hydrogen) atoms. The zero-order valence-corrected chi connectivity index (χ0v) is 25.5. The molecule has 1 aliphatic heterocycles. The van der Waals surface area contributed by atoms with Crippen LogP contribution in [-0.2, 0) is 4.74 Å². The van der Waals surface area contributed by atoms with Crippen LogP contribution in [-0.4, -0.2) is 48.6 Å². The Labute approximate surface area is 260 Å². The van der Waals surface area contributed by atoms with Crippen LogP contribution in [0.15, 0.2) is 72.8 Å². The molecule has 0 radical (unpaired) electrons. The van der Waals surface area contributed by atoms with E-state index in [-0.39, 0.29) is 30.5 Å². The molecule has 10 nitrogen and oxygen atoms in total. The second-order valence-corrected chi connectivity index (χ2v) is 10.7. The number of fused-ring (bicyclic) bond motifs is 2. The lowest BCUT2D eigenvalue weighted by molar-refractivity contribution is -0.384. The quantitative estimate of drug-likeness (QED) is 0.0982. The predicted octanol–water partition coefficient (Wildman–Crippen LogP) is 5.69. The molecular formula is C35H33N3O7. The van der Waals surface area contributed by atoms with Gasteiger partial charge in [-0.2, -0.15) is 0 Å². The molecule has 1 aliphatic rings. The molecular weight excluding hydrogens is 574 g/mol. The predicted molar refractivity (Wildman–Crippen MR) is 171 cm³/mol. The minimum absolute atomic E-state index is 0.100. The van der Waals surface area contributed by atoms with Gasteiger partial charge in [0.15, 0.2) is 0 Å². The van der Waals surface area contributed by atoms with Gasteiger partial charge in [0.2, 0.25) is 0 Å². The lowest BCUT2D eigenvalue weighted by Gasteiger charge is -2.25. The van der Waals surface area contributed by atoms with Gasteiger partial charge in [-0.15, -0.1) is 0 Å². The maximum Gasteiger partial charge on any atom is 0.513 e. The number of anilines is 1. The third-order valence-corrected chi connectivity index (χ3v) is 7.56. The number of ether oxygens (including phenoxy) is 3. The van der Waals surface area contributed by atoms with Crippen LogP contribution in [0.2, 0.25) is 0 Å². The van der Waals surface area contributed by atoms with E-state index in [2.05, 4.69) is 18.0 Å². The normalized spacial score (nSPS) is 11.5. The van der Waals surface area contributed by atoms with Gasteiger partial charge >= 0.3 is 6.16 Å². The zero-order valence-electron chi connectivity index (χ0n) is 25.5. The number of nitro groups is 1. The largest absolute Gasteiger partial charge is 0.513 e. The Balaban J connectivity index is 1.41. The minimum Gasteiger partial charge on any atom is -0.456 e. The highest BCUT2D eigenvalue weighted by Gasteiger charge is 2.26. The van der Waals surface area contributed by atoms with E-state index in [1.807, 2.05) is 57.2 Å². The van der Waals surface area contributed by atoms with Gasteiger partial charge in [-0.3, -0.25) is 14.9 Å². The van der Waals surface area contributed by atoms with Crippen LogP contribution in [0, 0.1) is 24.0 Å². The molecule has 0 saturated carbocycles. The van der Waals surface area contributed by atoms with Crippen LogP contribution in [0.25, 0.3) is 12.2 Å². The van der Waals surface area contributed by atoms with Gasteiger partial charge in [0.05, 0.1) is 11.5 Å². The molecule has 0 aromatic heterocycles. The number of benzene rings is 4. The summed E-state index contributed by atoms with van der Waals surface area (Å²) in [5.41, 5.74) is 5.86. The number of aryl methyl sites for hydroxylation is 2. The Kier molecular flexibility index (Phi) is 8.85. The summed E-state index contributed by atoms with van der Waals surface area (Å²) in [5, 5.41) is 15.9. The average molecular weight is 608 g/mol. The fraction of sp³-hybridized carbons (Fsp3) is 0.200. The molecule has 0 bridgehead atoms. The van der Waals surface area contributed by atoms with Gasteiger partial charge in [0, 0.05) is 59.4 Å². The van der Waals surface area contributed by atoms with E-state index in [1.165, 1.54) is 29.2 Å². The topological polar surface area (TPSA) is 120 Å². The Bertz CT molecular complexity index is 1920. The fourth-order valence-corrected chi connectivity index (χ4v) is 5.13. The van der Waals surface area contributed by atoms with E-state index >= 15 is 0 Å². The number of carbonyl (C=O) groups excluding carboxylic acids is 2. The van der Waals surface area contributed by atoms with Crippen molar-refractivity contribution in [3.05, 3.63) is 121 Å². The summed E-state index contributed by atoms with van der Waals surface area (Å²) in [6, 6.07) is 20.5. The third-order valence-electron chi connectivity index (χ3n) is 7.56. The van der Waals surface area contributed by atoms with Crippen molar-refractivity contribution in [2.75, 3.05) is 32.1 Å². The van der Waals surface area contributed by atoms with Crippen molar-refractivity contribution in [3.8, 4) is 17.2 Å². The molecule has 5 rings (SSSR count). The van der Waals surface area contributed by atoms with Crippen LogP contribution in [0.5, 0.6) is 17.2 Å². The second-order valence-electron chi connectivity index (χ2n) is 10.7. The number of hydrogen-bond donors (Lipinski definition) is 1. The monoisotopic (exact) mass is 607 g/mol. The van der Waals surface area contributed by atoms with E-state index in [4.69, 9.17) is 14.2 Å². The molecule has 4 aromatic rings. The first-order valence-corrected chi connectivity index (χ1v) is 14.4. The first-order valence-electron chi connectivity index (χ1n) is 14.4. The molecule has 0 saturated heterocycles. The van der Waals surface area contributed by atoms with E-state index in [9.17, 15) is 19.7 Å². The van der Waals surface area contributed by atoms with Crippen LogP contribution in [0.3, 0.4) is 0 Å². The maximum absolute atomic E-state index is 13.8. The Hall–Kier alpha value is -5.64. The van der Waals surface area contributed by atoms with Crippen molar-refractivity contribution in [3.63, 3.8) is 0 Å². The number of nitrogens with one attached hydrogen (secondary N) is 1. The fourth-order valence-electron chi connectivity index (χ4n) is 5.13. The van der Waals surface area contributed by atoms with Crippen molar-refractivity contribution >= 4 is 35.6 Å². The summed E-state index contributed by atoms with van der Waals surface area (Å²) in [6.45, 7) is 11.0. The van der Waals surface area contributed by atoms with E-state index in [0.29, 0.717) is 17.1 Å². The minimum atomic E-state index is -0.983. The number of nitrogens with zero attached hydrogens (tertiary/aromatic N) is 2. The summed E-state index contributed by atoms with van der Waals surface area (Å²) in [7, 11) is 1.63. The number of rotatable bonds is 9. The molecule has 10 heteroatoms. The van der Waals surface area contributed by atoms with Crippen LogP contribution < -0.4 is 25.2 Å². The van der Waals surface area contributed by atoms with Gasteiger partial charge in [0.1, 0.15) is 23.9 Å². The number of amides is 1. The average Bonchev–Trinajstić information content (AvgIpc) is 3.01. The molecule has 0 fully saturated rings. The standard InChI is InChI=1S/C35H33N3O7/c1-6-36-30-20-32-29(18-23(30)4)33(28-17-21(2)22(3)19-31(28)45-32)26-9-7-8-10-27(26)34(39)37(5)15-16-43-35(40)44-25-13-11-24(12-14-25)38(41)42/h7-14,17-20,36H,3,6,15-16H2,1-2,4-5H3. The first-order chi connectivity index (χ1) is 21.6. The Morgan fingerprint density at radius 3 is 2.42 bits per heavy atom. The number of nitro benzene ring substituents is 1. The molecule has 0 spiro atoms. The highest BCUT2D eigenvalue weighted by molar-refractivity contribution is 6.02. The molecule has 1 N–H and O–H groups in total. The highest BCUT2D eigenvalue weighted by atomic mass is 16.7. The van der Waals surface area contributed by atoms with Crippen LogP contribution >= 0.6 is 0 Å². The highest BCUT2D eigenvalue weighted by Crippen LogP contribution is 2.40. The van der Waals surface area contributed by atoms with Crippen molar-refractivity contribution in [2.45, 2.75) is 20.8 Å². The van der Waals surface area contributed by atoms with Crippen molar-refractivity contribution in [1.82, 2.24) is 4.90 Å². The third kappa shape index (κ3) is 6.50. The first kappa shape index (κ1) is 30.8. The lowest BCUT2D eigenvalue weighted by atomic mass is 9.88. The lowest BCUT2D eigenvalue weighted by Crippen LogP contribution is -2.32. The number of non-ortho nitro benzene ring substituents is 1. The van der Waals surface area contributed by atoms with Crippen molar-refractivity contribution < 1.29 is 28.7 Å². The molecule has 0 unspecified atom stereocenters.